The molecule has 3 nitrogen and oxygen atoms in total. The molecule has 0 bridgehead atoms. The monoisotopic (exact) mass is 212 g/mol. The quantitative estimate of drug-likeness (QED) is 0.328. The summed E-state index contributed by atoms with van der Waals surface area (Å²) in [6, 6.07) is 0. The van der Waals surface area contributed by atoms with Crippen molar-refractivity contribution in [3.8, 4) is 0 Å². The highest BCUT2D eigenvalue weighted by Gasteiger charge is 2.04. The van der Waals surface area contributed by atoms with Crippen LogP contribution < -0.4 is 5.32 Å². The first-order valence-corrected chi connectivity index (χ1v) is 5.58. The van der Waals surface area contributed by atoms with Crippen LogP contribution in [0.4, 0.5) is 0 Å². The first kappa shape index (κ1) is 13.0. The van der Waals surface area contributed by atoms with Gasteiger partial charge < -0.3 is 5.32 Å². The van der Waals surface area contributed by atoms with Crippen molar-refractivity contribution in [2.75, 3.05) is 12.8 Å². The lowest BCUT2D eigenvalue weighted by molar-refractivity contribution is -0.104. The van der Waals surface area contributed by atoms with Crippen LogP contribution in [0.1, 0.15) is 13.8 Å². The summed E-state index contributed by atoms with van der Waals surface area (Å²) >= 11 is 1.49. The van der Waals surface area contributed by atoms with Crippen LogP contribution in [0, 0.1) is 0 Å². The summed E-state index contributed by atoms with van der Waals surface area (Å²) < 4.78 is 0. The van der Waals surface area contributed by atoms with E-state index in [2.05, 4.69) is 16.9 Å². The van der Waals surface area contributed by atoms with Gasteiger partial charge in [0.05, 0.1) is 10.6 Å². The molecular formula is C10H16N2OS. The Bertz CT molecular complexity index is 269. The lowest BCUT2D eigenvalue weighted by atomic mass is 10.2. The van der Waals surface area contributed by atoms with Crippen molar-refractivity contribution in [3.05, 3.63) is 23.3 Å². The number of rotatable bonds is 5. The van der Waals surface area contributed by atoms with Gasteiger partial charge in [0.15, 0.2) is 6.29 Å². The molecule has 0 rings (SSSR count). The number of amidine groups is 1. The Balaban J connectivity index is 4.69. The molecule has 0 spiro atoms. The molecule has 0 fully saturated rings. The van der Waals surface area contributed by atoms with Crippen LogP contribution in [0.2, 0.25) is 0 Å². The second kappa shape index (κ2) is 7.38. The molecule has 0 aromatic heterocycles. The zero-order valence-electron chi connectivity index (χ0n) is 8.83. The number of allylic oxidation sites excluding steroid dienone is 1. The third-order valence-corrected chi connectivity index (χ3v) is 2.13. The van der Waals surface area contributed by atoms with E-state index in [9.17, 15) is 4.79 Å². The predicted octanol–water partition coefficient (Wildman–Crippen LogP) is 1.97. The van der Waals surface area contributed by atoms with E-state index >= 15 is 0 Å². The number of aliphatic imine (C=N–C) groups is 1. The highest BCUT2D eigenvalue weighted by atomic mass is 32.2. The van der Waals surface area contributed by atoms with Gasteiger partial charge in [-0.3, -0.25) is 9.79 Å². The normalized spacial score (nSPS) is 12.5. The molecule has 0 aliphatic rings. The van der Waals surface area contributed by atoms with E-state index in [1.807, 2.05) is 13.2 Å². The Morgan fingerprint density at radius 2 is 2.29 bits per heavy atom. The standard InChI is InChI=1S/C10H16N2OS/c1-5-9(7-13)10(11-6-2)12-8(3)14-4/h5,7H,3,6H2,1-2,4H3,(H,11,12)/b9-5-. The van der Waals surface area contributed by atoms with Crippen LogP contribution in [-0.4, -0.2) is 24.9 Å². The van der Waals surface area contributed by atoms with Gasteiger partial charge in [0.25, 0.3) is 0 Å². The van der Waals surface area contributed by atoms with Crippen molar-refractivity contribution in [2.45, 2.75) is 13.8 Å². The van der Waals surface area contributed by atoms with Gasteiger partial charge in [0.2, 0.25) is 0 Å². The van der Waals surface area contributed by atoms with Crippen LogP contribution in [-0.2, 0) is 4.79 Å². The number of aldehydes is 1. The maximum Gasteiger partial charge on any atom is 0.153 e. The van der Waals surface area contributed by atoms with Gasteiger partial charge in [0.1, 0.15) is 5.84 Å². The van der Waals surface area contributed by atoms with E-state index in [0.29, 0.717) is 18.0 Å². The lowest BCUT2D eigenvalue weighted by Gasteiger charge is -2.09. The molecule has 0 saturated heterocycles. The lowest BCUT2D eigenvalue weighted by Crippen LogP contribution is -2.24. The van der Waals surface area contributed by atoms with E-state index in [1.165, 1.54) is 11.8 Å². The molecule has 0 amide bonds. The molecule has 0 aliphatic carbocycles. The summed E-state index contributed by atoms with van der Waals surface area (Å²) in [5.74, 6) is 0.587. The third-order valence-electron chi connectivity index (χ3n) is 1.53. The van der Waals surface area contributed by atoms with Crippen LogP contribution >= 0.6 is 11.8 Å². The zero-order chi connectivity index (χ0) is 11.0. The summed E-state index contributed by atoms with van der Waals surface area (Å²) in [5.41, 5.74) is 0.557. The summed E-state index contributed by atoms with van der Waals surface area (Å²) in [5, 5.41) is 3.76. The van der Waals surface area contributed by atoms with Crippen LogP contribution in [0.3, 0.4) is 0 Å². The molecule has 0 aromatic carbocycles. The van der Waals surface area contributed by atoms with Crippen LogP contribution in [0.15, 0.2) is 28.2 Å². The number of thioether (sulfide) groups is 1. The molecule has 4 heteroatoms. The number of carbonyl (C=O) groups is 1. The second-order valence-corrected chi connectivity index (χ2v) is 3.34. The maximum atomic E-state index is 10.7. The maximum absolute atomic E-state index is 10.7. The molecule has 14 heavy (non-hydrogen) atoms. The average Bonchev–Trinajstić information content (AvgIpc) is 2.19. The molecule has 78 valence electrons. The Kier molecular flexibility index (Phi) is 6.84. The molecule has 0 saturated carbocycles. The highest BCUT2D eigenvalue weighted by Crippen LogP contribution is 2.05. The summed E-state index contributed by atoms with van der Waals surface area (Å²) in [6.07, 6.45) is 4.42. The fraction of sp³-hybridized carbons (Fsp3) is 0.400. The van der Waals surface area contributed by atoms with Gasteiger partial charge in [-0.15, -0.1) is 11.8 Å². The molecule has 0 heterocycles. The molecule has 0 aliphatic heterocycles. The fourth-order valence-corrected chi connectivity index (χ4v) is 1.00. The van der Waals surface area contributed by atoms with Gasteiger partial charge in [-0.25, -0.2) is 0 Å². The van der Waals surface area contributed by atoms with Gasteiger partial charge in [0, 0.05) is 6.54 Å². The van der Waals surface area contributed by atoms with E-state index in [1.54, 1.807) is 13.0 Å². The smallest absolute Gasteiger partial charge is 0.153 e. The van der Waals surface area contributed by atoms with Crippen molar-refractivity contribution >= 4 is 23.9 Å². The minimum absolute atomic E-state index is 0.557. The molecule has 0 radical (unpaired) electrons. The van der Waals surface area contributed by atoms with E-state index in [4.69, 9.17) is 0 Å². The first-order valence-electron chi connectivity index (χ1n) is 4.35. The summed E-state index contributed by atoms with van der Waals surface area (Å²) in [4.78, 5) is 14.9. The number of nitrogens with zero attached hydrogens (tertiary/aromatic N) is 1. The van der Waals surface area contributed by atoms with Crippen molar-refractivity contribution in [3.63, 3.8) is 0 Å². The molecule has 1 N–H and O–H groups in total. The van der Waals surface area contributed by atoms with E-state index in [-0.39, 0.29) is 0 Å². The van der Waals surface area contributed by atoms with Gasteiger partial charge in [-0.1, -0.05) is 12.7 Å². The minimum atomic E-state index is 0.557. The van der Waals surface area contributed by atoms with Crippen molar-refractivity contribution < 1.29 is 4.79 Å². The fourth-order valence-electron chi connectivity index (χ4n) is 0.805. The number of nitrogens with one attached hydrogen (secondary N) is 1. The number of hydrogen-bond donors (Lipinski definition) is 1. The van der Waals surface area contributed by atoms with Crippen LogP contribution in [0.25, 0.3) is 0 Å². The van der Waals surface area contributed by atoms with Gasteiger partial charge in [-0.2, -0.15) is 0 Å². The third kappa shape index (κ3) is 4.28. The zero-order valence-corrected chi connectivity index (χ0v) is 9.65. The Hall–Kier alpha value is -1.03. The number of hydrogen-bond acceptors (Lipinski definition) is 3. The van der Waals surface area contributed by atoms with Gasteiger partial charge in [-0.05, 0) is 20.1 Å². The van der Waals surface area contributed by atoms with E-state index in [0.717, 1.165) is 11.3 Å². The molecule has 0 unspecified atom stereocenters. The van der Waals surface area contributed by atoms with Crippen molar-refractivity contribution in [1.82, 2.24) is 5.32 Å². The van der Waals surface area contributed by atoms with Gasteiger partial charge >= 0.3 is 0 Å². The summed E-state index contributed by atoms with van der Waals surface area (Å²) in [6.45, 7) is 8.13. The van der Waals surface area contributed by atoms with Crippen molar-refractivity contribution in [1.29, 1.82) is 0 Å². The molecule has 0 aromatic rings. The minimum Gasteiger partial charge on any atom is -0.335 e. The average molecular weight is 212 g/mol. The summed E-state index contributed by atoms with van der Waals surface area (Å²) in [7, 11) is 0. The largest absolute Gasteiger partial charge is 0.335 e. The molecule has 0 atom stereocenters. The predicted molar refractivity (Wildman–Crippen MR) is 63.6 cm³/mol. The Labute approximate surface area is 89.4 Å². The molecular weight excluding hydrogens is 196 g/mol. The SMILES string of the molecule is C=C(NC(=NCC)/C(C=O)=C\C)SC. The van der Waals surface area contributed by atoms with Crippen LogP contribution in [0.5, 0.6) is 0 Å². The number of carbonyl (C=O) groups excluding carboxylic acids is 1. The van der Waals surface area contributed by atoms with Crippen molar-refractivity contribution in [2.24, 2.45) is 4.99 Å². The van der Waals surface area contributed by atoms with E-state index < -0.39 is 0 Å². The second-order valence-electron chi connectivity index (χ2n) is 2.44. The highest BCUT2D eigenvalue weighted by molar-refractivity contribution is 8.02. The topological polar surface area (TPSA) is 41.5 Å². The Morgan fingerprint density at radius 1 is 1.64 bits per heavy atom. The first-order chi connectivity index (χ1) is 6.69. The Morgan fingerprint density at radius 3 is 2.64 bits per heavy atom.